The van der Waals surface area contributed by atoms with Crippen molar-refractivity contribution in [3.8, 4) is 0 Å². The van der Waals surface area contributed by atoms with Gasteiger partial charge < -0.3 is 14.5 Å². The number of carbonyl (C=O) groups excluding carboxylic acids is 2. The van der Waals surface area contributed by atoms with Crippen LogP contribution in [0.3, 0.4) is 0 Å². The van der Waals surface area contributed by atoms with Crippen LogP contribution in [-0.2, 0) is 22.1 Å². The van der Waals surface area contributed by atoms with E-state index in [1.807, 2.05) is 0 Å². The number of carbonyl (C=O) groups is 2. The second kappa shape index (κ2) is 10.6. The van der Waals surface area contributed by atoms with Crippen molar-refractivity contribution in [2.24, 2.45) is 5.92 Å². The largest absolute Gasteiger partial charge is 0.444 e. The number of pyridine rings is 1. The zero-order chi connectivity index (χ0) is 31.7. The molecule has 0 aromatic carbocycles. The predicted octanol–water partition coefficient (Wildman–Crippen LogP) is 6.49. The van der Waals surface area contributed by atoms with Crippen molar-refractivity contribution in [2.75, 3.05) is 31.1 Å². The Kier molecular flexibility index (Phi) is 7.78. The van der Waals surface area contributed by atoms with Crippen molar-refractivity contribution in [3.05, 3.63) is 22.7 Å². The zero-order valence-electron chi connectivity index (χ0n) is 23.5. The first-order valence-corrected chi connectivity index (χ1v) is 14.5. The normalized spacial score (nSPS) is 24.5. The van der Waals surface area contributed by atoms with E-state index in [4.69, 9.17) is 4.74 Å². The van der Waals surface area contributed by atoms with Crippen LogP contribution in [0.25, 0.3) is 10.2 Å². The molecule has 7 nitrogen and oxygen atoms in total. The van der Waals surface area contributed by atoms with Crippen LogP contribution < -0.4 is 4.90 Å². The summed E-state index contributed by atoms with van der Waals surface area (Å²) in [4.78, 5) is 34.1. The highest BCUT2D eigenvalue weighted by atomic mass is 32.1. The van der Waals surface area contributed by atoms with Gasteiger partial charge in [-0.3, -0.25) is 9.69 Å². The van der Waals surface area contributed by atoms with E-state index in [1.54, 1.807) is 20.8 Å². The first-order valence-electron chi connectivity index (χ1n) is 13.7. The molecule has 0 unspecified atom stereocenters. The summed E-state index contributed by atoms with van der Waals surface area (Å²) in [5.41, 5.74) is -2.41. The highest BCUT2D eigenvalue weighted by Gasteiger charge is 2.61. The number of piperidine rings is 2. The molecule has 5 heterocycles. The van der Waals surface area contributed by atoms with Gasteiger partial charge in [0, 0.05) is 55.1 Å². The minimum atomic E-state index is -4.86. The smallest absolute Gasteiger partial charge is 0.419 e. The summed E-state index contributed by atoms with van der Waals surface area (Å²) in [5, 5.41) is -0.0841. The lowest BCUT2D eigenvalue weighted by Gasteiger charge is -2.54. The summed E-state index contributed by atoms with van der Waals surface area (Å²) < 4.78 is 117. The maximum Gasteiger partial charge on any atom is 0.419 e. The first-order chi connectivity index (χ1) is 19.7. The second-order valence-electron chi connectivity index (χ2n) is 12.2. The van der Waals surface area contributed by atoms with Gasteiger partial charge >= 0.3 is 18.4 Å². The predicted molar refractivity (Wildman–Crippen MR) is 141 cm³/mol. The van der Waals surface area contributed by atoms with Crippen LogP contribution in [0.1, 0.15) is 50.5 Å². The van der Waals surface area contributed by atoms with E-state index in [1.165, 1.54) is 9.80 Å². The molecule has 238 valence electrons. The minimum Gasteiger partial charge on any atom is -0.444 e. The minimum absolute atomic E-state index is 0.00854. The molecule has 2 aromatic rings. The van der Waals surface area contributed by atoms with E-state index in [-0.39, 0.29) is 59.8 Å². The maximum atomic E-state index is 15.0. The van der Waals surface area contributed by atoms with Gasteiger partial charge in [0.2, 0.25) is 5.91 Å². The van der Waals surface area contributed by atoms with Crippen LogP contribution in [-0.4, -0.2) is 82.7 Å². The molecule has 0 radical (unpaired) electrons. The summed E-state index contributed by atoms with van der Waals surface area (Å²) in [6.45, 7) is 4.24. The van der Waals surface area contributed by atoms with Crippen molar-refractivity contribution in [2.45, 2.75) is 82.4 Å². The molecule has 16 heteroatoms. The third-order valence-corrected chi connectivity index (χ3v) is 9.01. The Morgan fingerprint density at radius 1 is 1.05 bits per heavy atom. The van der Waals surface area contributed by atoms with Crippen LogP contribution in [0.4, 0.5) is 45.6 Å². The summed E-state index contributed by atoms with van der Waals surface area (Å²) in [6.07, 6.45) is -11.3. The van der Waals surface area contributed by atoms with Gasteiger partial charge in [0.15, 0.2) is 0 Å². The molecule has 1 aliphatic carbocycles. The fraction of sp³-hybridized carbons (Fsp3) is 0.667. The number of hydrogen-bond donors (Lipinski definition) is 0. The van der Waals surface area contributed by atoms with Crippen molar-refractivity contribution in [1.29, 1.82) is 0 Å². The molecule has 43 heavy (non-hydrogen) atoms. The van der Waals surface area contributed by atoms with E-state index in [9.17, 15) is 35.9 Å². The van der Waals surface area contributed by atoms with Crippen LogP contribution in [0.15, 0.2) is 12.3 Å². The third kappa shape index (κ3) is 6.34. The number of hydrogen-bond acceptors (Lipinski definition) is 6. The van der Waals surface area contributed by atoms with E-state index in [0.29, 0.717) is 17.5 Å². The molecule has 2 aromatic heterocycles. The Morgan fingerprint density at radius 3 is 2.26 bits per heavy atom. The third-order valence-electron chi connectivity index (χ3n) is 7.96. The van der Waals surface area contributed by atoms with Gasteiger partial charge in [-0.15, -0.1) is 11.3 Å². The van der Waals surface area contributed by atoms with Crippen LogP contribution in [0.5, 0.6) is 0 Å². The highest BCUT2D eigenvalue weighted by molar-refractivity contribution is 7.18. The van der Waals surface area contributed by atoms with Gasteiger partial charge in [-0.2, -0.15) is 26.3 Å². The maximum absolute atomic E-state index is 15.0. The average molecular weight is 643 g/mol. The quantitative estimate of drug-likeness (QED) is 0.358. The van der Waals surface area contributed by atoms with Crippen LogP contribution in [0, 0.1) is 5.92 Å². The lowest BCUT2D eigenvalue weighted by atomic mass is 9.71. The van der Waals surface area contributed by atoms with Crippen LogP contribution in [0.2, 0.25) is 0 Å². The Morgan fingerprint density at radius 2 is 1.70 bits per heavy atom. The molecule has 1 saturated carbocycles. The monoisotopic (exact) mass is 642 g/mol. The number of fused-ring (bicyclic) bond motifs is 4. The molecule has 3 atom stereocenters. The molecule has 2 bridgehead atoms. The number of anilines is 1. The van der Waals surface area contributed by atoms with Gasteiger partial charge in [-0.05, 0) is 39.7 Å². The average Bonchev–Trinajstić information content (AvgIpc) is 3.26. The van der Waals surface area contributed by atoms with E-state index >= 15 is 8.78 Å². The van der Waals surface area contributed by atoms with E-state index < -0.39 is 72.3 Å². The molecule has 4 fully saturated rings. The Bertz CT molecular complexity index is 1400. The number of ether oxygens (including phenoxy) is 1. The summed E-state index contributed by atoms with van der Waals surface area (Å²) in [7, 11) is 0. The van der Waals surface area contributed by atoms with Gasteiger partial charge in [-0.25, -0.2) is 18.6 Å². The molecule has 2 amide bonds. The van der Waals surface area contributed by atoms with Gasteiger partial charge in [0.05, 0.1) is 23.6 Å². The number of amides is 2. The summed E-state index contributed by atoms with van der Waals surface area (Å²) in [6, 6.07) is -1.35. The molecule has 0 N–H and O–H groups in total. The number of halogens is 8. The number of rotatable bonds is 3. The molecule has 4 aliphatic rings. The molecule has 0 spiro atoms. The number of alkyl halides is 8. The Balaban J connectivity index is 1.41. The van der Waals surface area contributed by atoms with Gasteiger partial charge in [-0.1, -0.05) is 0 Å². The highest BCUT2D eigenvalue weighted by Crippen LogP contribution is 2.50. The zero-order valence-corrected chi connectivity index (χ0v) is 24.3. The molecule has 3 saturated heterocycles. The van der Waals surface area contributed by atoms with Crippen molar-refractivity contribution < 1.29 is 49.4 Å². The van der Waals surface area contributed by atoms with Crippen molar-refractivity contribution >= 4 is 39.2 Å². The second-order valence-corrected chi connectivity index (χ2v) is 13.3. The first kappa shape index (κ1) is 31.5. The number of thiophene rings is 1. The van der Waals surface area contributed by atoms with Gasteiger partial charge in [0.25, 0.3) is 5.92 Å². The molecular weight excluding hydrogens is 612 g/mol. The fourth-order valence-corrected chi connectivity index (χ4v) is 7.29. The Labute approximate surface area is 245 Å². The number of piperazine rings is 1. The molecule has 3 aliphatic heterocycles. The lowest BCUT2D eigenvalue weighted by Crippen LogP contribution is -2.69. The topological polar surface area (TPSA) is 66.0 Å². The van der Waals surface area contributed by atoms with Gasteiger partial charge in [0.1, 0.15) is 16.5 Å². The number of nitrogens with zero attached hydrogens (tertiary/aromatic N) is 4. The molecular formula is C27H30F8N4O3S. The standard InChI is InChI=1S/C27H30F8N4O3S/c1-24(2,3)42-23(41)39-14-4-5-17(25(28,29)11-14)20(39)22(40)38-8-6-37(7-9-38)19-16-10-15(12-26(30,31)32)43-21(16)36-13-18(19)27(33,34)35/h10,13-14,17,20H,4-9,11-12H2,1-3H3/t14-,17-,20-/m0/s1. The van der Waals surface area contributed by atoms with Crippen LogP contribution >= 0.6 is 11.3 Å². The lowest BCUT2D eigenvalue weighted by molar-refractivity contribution is -0.189. The summed E-state index contributed by atoms with van der Waals surface area (Å²) in [5.74, 6) is -5.37. The van der Waals surface area contributed by atoms with Crippen molar-refractivity contribution in [1.82, 2.24) is 14.8 Å². The Hall–Kier alpha value is -2.91. The SMILES string of the molecule is CC(C)(C)OC(=O)N1[C@H]2CC[C@@H]([C@H]1C(=O)N1CCN(c3c(C(F)(F)F)cnc4sc(CC(F)(F)F)cc34)CC1)C(F)(F)C2. The number of aromatic nitrogens is 1. The van der Waals surface area contributed by atoms with Crippen molar-refractivity contribution in [3.63, 3.8) is 0 Å². The van der Waals surface area contributed by atoms with E-state index in [2.05, 4.69) is 4.98 Å². The molecule has 6 rings (SSSR count). The van der Waals surface area contributed by atoms with E-state index in [0.717, 1.165) is 11.0 Å². The fourth-order valence-electron chi connectivity index (χ4n) is 6.26. The summed E-state index contributed by atoms with van der Waals surface area (Å²) >= 11 is 0.649.